The van der Waals surface area contributed by atoms with Gasteiger partial charge in [-0.1, -0.05) is 0 Å². The van der Waals surface area contributed by atoms with E-state index in [1.54, 1.807) is 36.1 Å². The van der Waals surface area contributed by atoms with E-state index in [0.29, 0.717) is 28.6 Å². The number of fused-ring (bicyclic) bond motifs is 1. The first kappa shape index (κ1) is 12.9. The number of nitriles is 1. The fourth-order valence-electron chi connectivity index (χ4n) is 2.25. The van der Waals surface area contributed by atoms with Crippen LogP contribution in [0.3, 0.4) is 0 Å². The van der Waals surface area contributed by atoms with E-state index < -0.39 is 0 Å². The molecule has 2 aromatic heterocycles. The van der Waals surface area contributed by atoms with Gasteiger partial charge in [0, 0.05) is 12.3 Å². The van der Waals surface area contributed by atoms with Gasteiger partial charge in [-0.3, -0.25) is 4.57 Å². The van der Waals surface area contributed by atoms with Crippen LogP contribution in [-0.4, -0.2) is 21.6 Å². The lowest BCUT2D eigenvalue weighted by atomic mass is 10.2. The molecule has 1 aromatic carbocycles. The molecule has 0 unspecified atom stereocenters. The van der Waals surface area contributed by atoms with Crippen LogP contribution in [0.2, 0.25) is 0 Å². The first-order valence-electron chi connectivity index (χ1n) is 6.33. The SMILES string of the molecule is COc1cc(C#N)ccc1-n1c(N)nc2cc(C)cnc21. The Labute approximate surface area is 121 Å². The number of benzene rings is 1. The van der Waals surface area contributed by atoms with E-state index in [-0.39, 0.29) is 0 Å². The van der Waals surface area contributed by atoms with Gasteiger partial charge >= 0.3 is 0 Å². The summed E-state index contributed by atoms with van der Waals surface area (Å²) < 4.78 is 7.07. The molecular formula is C15H13N5O. The van der Waals surface area contributed by atoms with E-state index in [1.165, 1.54) is 0 Å². The highest BCUT2D eigenvalue weighted by Gasteiger charge is 2.15. The average Bonchev–Trinajstić information content (AvgIpc) is 2.81. The highest BCUT2D eigenvalue weighted by atomic mass is 16.5. The number of ether oxygens (including phenoxy) is 1. The number of nitrogen functional groups attached to an aromatic ring is 1. The minimum atomic E-state index is 0.325. The van der Waals surface area contributed by atoms with Gasteiger partial charge in [0.25, 0.3) is 0 Å². The third-order valence-corrected chi connectivity index (χ3v) is 3.21. The Kier molecular flexibility index (Phi) is 2.95. The number of hydrogen-bond acceptors (Lipinski definition) is 5. The summed E-state index contributed by atoms with van der Waals surface area (Å²) in [7, 11) is 1.55. The fourth-order valence-corrected chi connectivity index (χ4v) is 2.25. The molecule has 0 saturated heterocycles. The Balaban J connectivity index is 2.30. The van der Waals surface area contributed by atoms with Gasteiger partial charge in [0.05, 0.1) is 24.4 Å². The van der Waals surface area contributed by atoms with E-state index in [9.17, 15) is 0 Å². The van der Waals surface area contributed by atoms with Crippen LogP contribution in [0.25, 0.3) is 16.9 Å². The zero-order valence-electron chi connectivity index (χ0n) is 11.7. The van der Waals surface area contributed by atoms with Crippen LogP contribution < -0.4 is 10.5 Å². The molecule has 0 fully saturated rings. The van der Waals surface area contributed by atoms with Crippen molar-refractivity contribution in [3.8, 4) is 17.5 Å². The van der Waals surface area contributed by atoms with Gasteiger partial charge in [0.2, 0.25) is 5.95 Å². The molecule has 0 aliphatic heterocycles. The molecule has 21 heavy (non-hydrogen) atoms. The first-order chi connectivity index (χ1) is 10.1. The van der Waals surface area contributed by atoms with Gasteiger partial charge in [0.1, 0.15) is 11.3 Å². The highest BCUT2D eigenvalue weighted by Crippen LogP contribution is 2.29. The number of aryl methyl sites for hydroxylation is 1. The average molecular weight is 279 g/mol. The van der Waals surface area contributed by atoms with Crippen LogP contribution >= 0.6 is 0 Å². The van der Waals surface area contributed by atoms with Crippen LogP contribution in [-0.2, 0) is 0 Å². The van der Waals surface area contributed by atoms with Gasteiger partial charge in [-0.25, -0.2) is 9.97 Å². The van der Waals surface area contributed by atoms with Crippen molar-refractivity contribution < 1.29 is 4.74 Å². The number of imidazole rings is 1. The fraction of sp³-hybridized carbons (Fsp3) is 0.133. The molecule has 6 heteroatoms. The standard InChI is InChI=1S/C15H13N5O/c1-9-5-11-14(18-8-9)20(15(17)19-11)12-4-3-10(7-16)6-13(12)21-2/h3-6,8H,1-2H3,(H2,17,19). The van der Waals surface area contributed by atoms with Crippen molar-refractivity contribution in [2.45, 2.75) is 6.92 Å². The zero-order chi connectivity index (χ0) is 15.0. The Bertz CT molecular complexity index is 876. The van der Waals surface area contributed by atoms with Crippen molar-refractivity contribution in [2.24, 2.45) is 0 Å². The maximum absolute atomic E-state index is 8.97. The lowest BCUT2D eigenvalue weighted by Gasteiger charge is -2.11. The number of nitrogens with two attached hydrogens (primary N) is 1. The van der Waals surface area contributed by atoms with Gasteiger partial charge in [-0.2, -0.15) is 5.26 Å². The third-order valence-electron chi connectivity index (χ3n) is 3.21. The minimum absolute atomic E-state index is 0.325. The summed E-state index contributed by atoms with van der Waals surface area (Å²) in [4.78, 5) is 8.72. The molecule has 104 valence electrons. The summed E-state index contributed by atoms with van der Waals surface area (Å²) >= 11 is 0. The summed E-state index contributed by atoms with van der Waals surface area (Å²) in [6.07, 6.45) is 1.76. The van der Waals surface area contributed by atoms with Crippen molar-refractivity contribution in [1.82, 2.24) is 14.5 Å². The summed E-state index contributed by atoms with van der Waals surface area (Å²) in [6, 6.07) is 9.14. The van der Waals surface area contributed by atoms with Crippen LogP contribution in [0, 0.1) is 18.3 Å². The summed E-state index contributed by atoms with van der Waals surface area (Å²) in [5, 5.41) is 8.97. The molecule has 2 N–H and O–H groups in total. The number of aromatic nitrogens is 3. The Morgan fingerprint density at radius 1 is 1.33 bits per heavy atom. The number of methoxy groups -OCH3 is 1. The number of rotatable bonds is 2. The second kappa shape index (κ2) is 4.80. The summed E-state index contributed by atoms with van der Waals surface area (Å²) in [6.45, 7) is 1.95. The second-order valence-corrected chi connectivity index (χ2v) is 4.66. The Morgan fingerprint density at radius 2 is 2.14 bits per heavy atom. The van der Waals surface area contributed by atoms with Gasteiger partial charge < -0.3 is 10.5 Å². The molecular weight excluding hydrogens is 266 g/mol. The Hall–Kier alpha value is -3.07. The predicted molar refractivity (Wildman–Crippen MR) is 79.3 cm³/mol. The quantitative estimate of drug-likeness (QED) is 0.776. The minimum Gasteiger partial charge on any atom is -0.495 e. The lowest BCUT2D eigenvalue weighted by Crippen LogP contribution is -2.04. The molecule has 0 atom stereocenters. The van der Waals surface area contributed by atoms with E-state index >= 15 is 0 Å². The number of hydrogen-bond donors (Lipinski definition) is 1. The van der Waals surface area contributed by atoms with E-state index in [0.717, 1.165) is 11.1 Å². The molecule has 0 bridgehead atoms. The molecule has 3 aromatic rings. The molecule has 0 radical (unpaired) electrons. The van der Waals surface area contributed by atoms with Crippen molar-refractivity contribution in [3.05, 3.63) is 41.6 Å². The molecule has 6 nitrogen and oxygen atoms in total. The summed E-state index contributed by atoms with van der Waals surface area (Å²) in [5.41, 5.74) is 9.63. The molecule has 0 aliphatic rings. The third kappa shape index (κ3) is 2.05. The topological polar surface area (TPSA) is 89.8 Å². The number of pyridine rings is 1. The van der Waals surface area contributed by atoms with Crippen LogP contribution in [0.5, 0.6) is 5.75 Å². The number of anilines is 1. The van der Waals surface area contributed by atoms with Crippen molar-refractivity contribution in [2.75, 3.05) is 12.8 Å². The molecule has 0 saturated carbocycles. The van der Waals surface area contributed by atoms with Crippen LogP contribution in [0.1, 0.15) is 11.1 Å². The van der Waals surface area contributed by atoms with Gasteiger partial charge in [-0.05, 0) is 30.7 Å². The first-order valence-corrected chi connectivity index (χ1v) is 6.33. The van der Waals surface area contributed by atoms with Crippen molar-refractivity contribution >= 4 is 17.1 Å². The largest absolute Gasteiger partial charge is 0.495 e. The van der Waals surface area contributed by atoms with E-state index in [2.05, 4.69) is 16.0 Å². The highest BCUT2D eigenvalue weighted by molar-refractivity contribution is 5.78. The van der Waals surface area contributed by atoms with Gasteiger partial charge in [0.15, 0.2) is 5.65 Å². The molecule has 0 aliphatic carbocycles. The maximum Gasteiger partial charge on any atom is 0.207 e. The normalized spacial score (nSPS) is 10.5. The van der Waals surface area contributed by atoms with Crippen molar-refractivity contribution in [3.63, 3.8) is 0 Å². The Morgan fingerprint density at radius 3 is 2.86 bits per heavy atom. The molecule has 3 rings (SSSR count). The molecule has 0 spiro atoms. The molecule has 2 heterocycles. The monoisotopic (exact) mass is 279 g/mol. The second-order valence-electron chi connectivity index (χ2n) is 4.66. The smallest absolute Gasteiger partial charge is 0.207 e. The lowest BCUT2D eigenvalue weighted by molar-refractivity contribution is 0.413. The molecule has 0 amide bonds. The van der Waals surface area contributed by atoms with Crippen LogP contribution in [0.15, 0.2) is 30.5 Å². The maximum atomic E-state index is 8.97. The zero-order valence-corrected chi connectivity index (χ0v) is 11.7. The van der Waals surface area contributed by atoms with E-state index in [4.69, 9.17) is 15.7 Å². The van der Waals surface area contributed by atoms with E-state index in [1.807, 2.05) is 13.0 Å². The van der Waals surface area contributed by atoms with Crippen molar-refractivity contribution in [1.29, 1.82) is 5.26 Å². The van der Waals surface area contributed by atoms with Crippen LogP contribution in [0.4, 0.5) is 5.95 Å². The van der Waals surface area contributed by atoms with Gasteiger partial charge in [-0.15, -0.1) is 0 Å². The predicted octanol–water partition coefficient (Wildman–Crippen LogP) is 2.19. The summed E-state index contributed by atoms with van der Waals surface area (Å²) in [5.74, 6) is 0.869. The number of nitrogens with zero attached hydrogens (tertiary/aromatic N) is 4.